The molecule has 3 N–H and O–H groups in total. The summed E-state index contributed by atoms with van der Waals surface area (Å²) in [5.41, 5.74) is 6.85. The van der Waals surface area contributed by atoms with Gasteiger partial charge in [0.15, 0.2) is 0 Å². The van der Waals surface area contributed by atoms with Gasteiger partial charge in [-0.15, -0.1) is 0 Å². The van der Waals surface area contributed by atoms with Gasteiger partial charge in [0.2, 0.25) is 5.91 Å². The fourth-order valence-electron chi connectivity index (χ4n) is 1.67. The van der Waals surface area contributed by atoms with E-state index in [1.807, 2.05) is 18.2 Å². The molecule has 0 aromatic heterocycles. The van der Waals surface area contributed by atoms with Crippen molar-refractivity contribution in [1.82, 2.24) is 0 Å². The Morgan fingerprint density at radius 1 is 1.19 bits per heavy atom. The minimum absolute atomic E-state index is 0.146. The molecule has 4 nitrogen and oxygen atoms in total. The first-order valence-corrected chi connectivity index (χ1v) is 8.85. The van der Waals surface area contributed by atoms with Crippen LogP contribution in [0.15, 0.2) is 56.3 Å². The van der Waals surface area contributed by atoms with Gasteiger partial charge in [-0.2, -0.15) is 0 Å². The van der Waals surface area contributed by atoms with E-state index in [4.69, 9.17) is 5.73 Å². The summed E-state index contributed by atoms with van der Waals surface area (Å²) in [6, 6.07) is 12.3. The molecule has 2 aromatic carbocycles. The summed E-state index contributed by atoms with van der Waals surface area (Å²) in [6.07, 6.45) is 0. The van der Waals surface area contributed by atoms with E-state index in [0.717, 1.165) is 8.95 Å². The van der Waals surface area contributed by atoms with E-state index in [2.05, 4.69) is 37.2 Å². The maximum Gasteiger partial charge on any atom is 0.237 e. The Hall–Kier alpha value is -1.18. The monoisotopic (exact) mass is 430 g/mol. The number of nitrogen functional groups attached to an aromatic ring is 1. The molecule has 1 unspecified atom stereocenters. The quantitative estimate of drug-likeness (QED) is 0.727. The number of halogens is 2. The third kappa shape index (κ3) is 4.39. The third-order valence-electron chi connectivity index (χ3n) is 2.63. The van der Waals surface area contributed by atoms with Gasteiger partial charge in [-0.25, -0.2) is 0 Å². The van der Waals surface area contributed by atoms with E-state index in [1.165, 1.54) is 0 Å². The van der Waals surface area contributed by atoms with Gasteiger partial charge in [0.25, 0.3) is 0 Å². The summed E-state index contributed by atoms with van der Waals surface area (Å²) in [7, 11) is -1.49. The molecule has 1 atom stereocenters. The molecule has 21 heavy (non-hydrogen) atoms. The van der Waals surface area contributed by atoms with Gasteiger partial charge in [0, 0.05) is 14.6 Å². The first-order chi connectivity index (χ1) is 9.97. The second-order valence-corrected chi connectivity index (χ2v) is 7.39. The molecule has 0 spiro atoms. The van der Waals surface area contributed by atoms with Gasteiger partial charge >= 0.3 is 0 Å². The van der Waals surface area contributed by atoms with Gasteiger partial charge in [0.05, 0.1) is 21.4 Å². The molecule has 7 heteroatoms. The standard InChI is InChI=1S/C14H12Br2N2O2S/c15-9-5-6-13(11(17)7-9)21(20)8-14(19)18-12-4-2-1-3-10(12)16/h1-7H,8,17H2,(H,18,19). The lowest BCUT2D eigenvalue weighted by Crippen LogP contribution is -2.20. The molecule has 0 heterocycles. The van der Waals surface area contributed by atoms with Crippen LogP contribution in [-0.4, -0.2) is 15.9 Å². The highest BCUT2D eigenvalue weighted by Crippen LogP contribution is 2.23. The summed E-state index contributed by atoms with van der Waals surface area (Å²) in [5.74, 6) is -0.477. The Morgan fingerprint density at radius 3 is 2.57 bits per heavy atom. The van der Waals surface area contributed by atoms with E-state index >= 15 is 0 Å². The van der Waals surface area contributed by atoms with Crippen molar-refractivity contribution in [3.63, 3.8) is 0 Å². The minimum atomic E-state index is -1.49. The van der Waals surface area contributed by atoms with E-state index in [0.29, 0.717) is 16.3 Å². The van der Waals surface area contributed by atoms with Crippen molar-refractivity contribution in [3.8, 4) is 0 Å². The summed E-state index contributed by atoms with van der Waals surface area (Å²) in [4.78, 5) is 12.4. The molecule has 2 rings (SSSR count). The van der Waals surface area contributed by atoms with Crippen LogP contribution in [0.3, 0.4) is 0 Å². The molecule has 110 valence electrons. The average Bonchev–Trinajstić information content (AvgIpc) is 2.41. The first kappa shape index (κ1) is 16.2. The molecule has 0 aliphatic heterocycles. The van der Waals surface area contributed by atoms with E-state index in [-0.39, 0.29) is 11.7 Å². The van der Waals surface area contributed by atoms with Crippen LogP contribution in [0, 0.1) is 0 Å². The topological polar surface area (TPSA) is 72.2 Å². The van der Waals surface area contributed by atoms with Crippen LogP contribution >= 0.6 is 31.9 Å². The summed E-state index contributed by atoms with van der Waals surface area (Å²) in [5, 5.41) is 2.71. The zero-order chi connectivity index (χ0) is 15.4. The maximum absolute atomic E-state index is 12.2. The largest absolute Gasteiger partial charge is 0.398 e. The Balaban J connectivity index is 2.06. The lowest BCUT2D eigenvalue weighted by Gasteiger charge is -2.08. The Bertz CT molecular complexity index is 707. The number of carbonyl (C=O) groups is 1. The van der Waals surface area contributed by atoms with Crippen LogP contribution < -0.4 is 11.1 Å². The van der Waals surface area contributed by atoms with E-state index in [1.54, 1.807) is 24.3 Å². The predicted octanol–water partition coefficient (Wildman–Crippen LogP) is 3.54. The van der Waals surface area contributed by atoms with Gasteiger partial charge in [-0.05, 0) is 46.3 Å². The highest BCUT2D eigenvalue weighted by molar-refractivity contribution is 9.10. The average molecular weight is 432 g/mol. The number of para-hydroxylation sites is 1. The number of benzene rings is 2. The zero-order valence-corrected chi connectivity index (χ0v) is 14.8. The molecule has 0 saturated heterocycles. The van der Waals surface area contributed by atoms with E-state index < -0.39 is 10.8 Å². The van der Waals surface area contributed by atoms with Gasteiger partial charge in [0.1, 0.15) is 5.75 Å². The number of rotatable bonds is 4. The Kier molecular flexibility index (Phi) is 5.55. The number of amides is 1. The molecule has 0 radical (unpaired) electrons. The molecule has 0 fully saturated rings. The second-order valence-electron chi connectivity index (χ2n) is 4.20. The van der Waals surface area contributed by atoms with E-state index in [9.17, 15) is 9.00 Å². The van der Waals surface area contributed by atoms with Gasteiger partial charge in [-0.3, -0.25) is 9.00 Å². The Morgan fingerprint density at radius 2 is 1.90 bits per heavy atom. The van der Waals surface area contributed by atoms with Crippen molar-refractivity contribution < 1.29 is 9.00 Å². The first-order valence-electron chi connectivity index (χ1n) is 5.95. The predicted molar refractivity (Wildman–Crippen MR) is 92.6 cm³/mol. The van der Waals surface area contributed by atoms with Crippen LogP contribution in [0.2, 0.25) is 0 Å². The third-order valence-corrected chi connectivity index (χ3v) is 5.20. The minimum Gasteiger partial charge on any atom is -0.398 e. The zero-order valence-electron chi connectivity index (χ0n) is 10.8. The summed E-state index contributed by atoms with van der Waals surface area (Å²) < 4.78 is 13.8. The van der Waals surface area contributed by atoms with Gasteiger partial charge in [-0.1, -0.05) is 28.1 Å². The fraction of sp³-hybridized carbons (Fsp3) is 0.0714. The molecule has 0 aliphatic carbocycles. The van der Waals surface area contributed by atoms with Crippen molar-refractivity contribution >= 4 is 59.9 Å². The summed E-state index contributed by atoms with van der Waals surface area (Å²) in [6.45, 7) is 0. The lowest BCUT2D eigenvalue weighted by atomic mass is 10.3. The molecule has 0 saturated carbocycles. The molecule has 1 amide bonds. The van der Waals surface area contributed by atoms with Crippen molar-refractivity contribution in [2.75, 3.05) is 16.8 Å². The smallest absolute Gasteiger partial charge is 0.237 e. The van der Waals surface area contributed by atoms with Crippen molar-refractivity contribution in [1.29, 1.82) is 0 Å². The molecular formula is C14H12Br2N2O2S. The molecule has 0 aliphatic rings. The number of carbonyl (C=O) groups excluding carboxylic acids is 1. The van der Waals surface area contributed by atoms with Crippen molar-refractivity contribution in [2.24, 2.45) is 0 Å². The number of nitrogens with one attached hydrogen (secondary N) is 1. The second kappa shape index (κ2) is 7.20. The van der Waals surface area contributed by atoms with Gasteiger partial charge < -0.3 is 11.1 Å². The number of nitrogens with two attached hydrogens (primary N) is 1. The molecule has 2 aromatic rings. The highest BCUT2D eigenvalue weighted by Gasteiger charge is 2.14. The SMILES string of the molecule is Nc1cc(Br)ccc1S(=O)CC(=O)Nc1ccccc1Br. The Labute approximate surface area is 141 Å². The maximum atomic E-state index is 12.2. The van der Waals surface area contributed by atoms with Crippen molar-refractivity contribution in [3.05, 3.63) is 51.4 Å². The van der Waals surface area contributed by atoms with Crippen LogP contribution in [-0.2, 0) is 15.6 Å². The lowest BCUT2D eigenvalue weighted by molar-refractivity contribution is -0.113. The number of hydrogen-bond donors (Lipinski definition) is 2. The number of hydrogen-bond acceptors (Lipinski definition) is 3. The fourth-order valence-corrected chi connectivity index (χ4v) is 3.44. The van der Waals surface area contributed by atoms with Crippen molar-refractivity contribution in [2.45, 2.75) is 4.90 Å². The van der Waals surface area contributed by atoms with Crippen LogP contribution in [0.25, 0.3) is 0 Å². The molecule has 0 bridgehead atoms. The normalized spacial score (nSPS) is 11.9. The highest BCUT2D eigenvalue weighted by atomic mass is 79.9. The van der Waals surface area contributed by atoms with Crippen LogP contribution in [0.4, 0.5) is 11.4 Å². The van der Waals surface area contributed by atoms with Crippen LogP contribution in [0.5, 0.6) is 0 Å². The summed E-state index contributed by atoms with van der Waals surface area (Å²) >= 11 is 6.62. The molecular weight excluding hydrogens is 420 g/mol. The number of anilines is 2. The van der Waals surface area contributed by atoms with Crippen LogP contribution in [0.1, 0.15) is 0 Å².